The molecule has 0 aliphatic carbocycles. The Morgan fingerprint density at radius 2 is 0.779 bits per heavy atom. The molecule has 9 nitrogen and oxygen atoms in total. The molecule has 0 aromatic rings. The van der Waals surface area contributed by atoms with Gasteiger partial charge >= 0.3 is 0 Å². The molecule has 1 aliphatic rings. The topological polar surface area (TPSA) is 149 Å². The van der Waals surface area contributed by atoms with Crippen molar-refractivity contribution in [2.24, 2.45) is 0 Å². The van der Waals surface area contributed by atoms with Gasteiger partial charge in [-0.25, -0.2) is 0 Å². The standard InChI is InChI=1S/C68H125NO8/c1-3-5-7-9-11-13-15-17-19-21-23-25-27-28-29-30-31-32-33-34-36-37-39-41-43-45-47-49-51-53-55-57-62(71)61(60-76-68-67(75)66(74)65(73)63(59-70)77-68)69-64(72)58-56-54-52-50-48-46-44-42-40-38-35-26-24-22-20-18-16-14-12-10-8-6-4-2/h16,18,22,24,35,38,47,49,55,57,61-63,65-68,70-71,73-75H,3-15,17,19-21,23,25-34,36-37,39-46,48,50-54,56,58-60H2,1-2H3,(H,69,72)/b18-16-,24-22-,38-35-,49-47+,57-55+. The van der Waals surface area contributed by atoms with Crippen LogP contribution in [-0.2, 0) is 14.3 Å². The van der Waals surface area contributed by atoms with Gasteiger partial charge < -0.3 is 40.3 Å². The fourth-order valence-electron chi connectivity index (χ4n) is 10.4. The van der Waals surface area contributed by atoms with Gasteiger partial charge in [-0.15, -0.1) is 0 Å². The van der Waals surface area contributed by atoms with E-state index in [1.54, 1.807) is 6.08 Å². The van der Waals surface area contributed by atoms with Crippen LogP contribution in [0, 0.1) is 0 Å². The number of carbonyl (C=O) groups is 1. The maximum Gasteiger partial charge on any atom is 0.220 e. The Balaban J connectivity index is 2.19. The molecule has 9 heteroatoms. The lowest BCUT2D eigenvalue weighted by Crippen LogP contribution is -2.60. The van der Waals surface area contributed by atoms with E-state index >= 15 is 0 Å². The summed E-state index contributed by atoms with van der Waals surface area (Å²) in [4.78, 5) is 13.1. The molecule has 7 atom stereocenters. The Morgan fingerprint density at radius 3 is 1.18 bits per heavy atom. The molecule has 1 fully saturated rings. The van der Waals surface area contributed by atoms with Gasteiger partial charge in [0.15, 0.2) is 6.29 Å². The minimum Gasteiger partial charge on any atom is -0.394 e. The van der Waals surface area contributed by atoms with Crippen molar-refractivity contribution in [3.63, 3.8) is 0 Å². The highest BCUT2D eigenvalue weighted by Crippen LogP contribution is 2.23. The van der Waals surface area contributed by atoms with Crippen molar-refractivity contribution in [1.82, 2.24) is 5.32 Å². The first kappa shape index (κ1) is 72.9. The molecule has 0 saturated carbocycles. The number of carbonyl (C=O) groups excluding carboxylic acids is 1. The van der Waals surface area contributed by atoms with Crippen molar-refractivity contribution >= 4 is 5.91 Å². The van der Waals surface area contributed by atoms with Crippen LogP contribution in [0.1, 0.15) is 309 Å². The van der Waals surface area contributed by atoms with E-state index in [2.05, 4.69) is 67.8 Å². The van der Waals surface area contributed by atoms with Crippen molar-refractivity contribution in [1.29, 1.82) is 0 Å². The largest absolute Gasteiger partial charge is 0.394 e. The van der Waals surface area contributed by atoms with Crippen LogP contribution in [-0.4, -0.2) is 87.5 Å². The Hall–Kier alpha value is -2.11. The first-order valence-corrected chi connectivity index (χ1v) is 33.0. The van der Waals surface area contributed by atoms with Gasteiger partial charge in [0.25, 0.3) is 0 Å². The van der Waals surface area contributed by atoms with Crippen molar-refractivity contribution in [3.8, 4) is 0 Å². The predicted molar refractivity (Wildman–Crippen MR) is 327 cm³/mol. The predicted octanol–water partition coefficient (Wildman–Crippen LogP) is 17.4. The smallest absolute Gasteiger partial charge is 0.220 e. The average Bonchev–Trinajstić information content (AvgIpc) is 3.43. The van der Waals surface area contributed by atoms with Gasteiger partial charge in [0.2, 0.25) is 5.91 Å². The summed E-state index contributed by atoms with van der Waals surface area (Å²) in [6, 6.07) is -0.830. The highest BCUT2D eigenvalue weighted by atomic mass is 16.7. The molecule has 0 spiro atoms. The fraction of sp³-hybridized carbons (Fsp3) is 0.838. The molecule has 6 N–H and O–H groups in total. The van der Waals surface area contributed by atoms with Gasteiger partial charge in [0.1, 0.15) is 24.4 Å². The molecule has 77 heavy (non-hydrogen) atoms. The molecule has 0 aromatic heterocycles. The summed E-state index contributed by atoms with van der Waals surface area (Å²) in [7, 11) is 0. The summed E-state index contributed by atoms with van der Waals surface area (Å²) in [5.74, 6) is -0.192. The molecular weight excluding hydrogens is 959 g/mol. The molecule has 0 radical (unpaired) electrons. The molecule has 1 heterocycles. The van der Waals surface area contributed by atoms with Crippen LogP contribution in [0.25, 0.3) is 0 Å². The summed E-state index contributed by atoms with van der Waals surface area (Å²) in [5.41, 5.74) is 0. The third-order valence-corrected chi connectivity index (χ3v) is 15.6. The molecule has 450 valence electrons. The number of rotatable bonds is 57. The molecule has 1 amide bonds. The van der Waals surface area contributed by atoms with Crippen LogP contribution in [0.4, 0.5) is 0 Å². The molecule has 1 saturated heterocycles. The molecule has 0 aromatic carbocycles. The van der Waals surface area contributed by atoms with Crippen LogP contribution in [0.15, 0.2) is 60.8 Å². The number of hydrogen-bond donors (Lipinski definition) is 6. The molecule has 1 rings (SSSR count). The Labute approximate surface area is 475 Å². The van der Waals surface area contributed by atoms with Gasteiger partial charge in [-0.2, -0.15) is 0 Å². The number of hydrogen-bond acceptors (Lipinski definition) is 8. The van der Waals surface area contributed by atoms with Gasteiger partial charge in [0, 0.05) is 6.42 Å². The lowest BCUT2D eigenvalue weighted by atomic mass is 9.99. The van der Waals surface area contributed by atoms with E-state index in [1.807, 2.05) is 6.08 Å². The quantitative estimate of drug-likeness (QED) is 0.0261. The van der Waals surface area contributed by atoms with Crippen LogP contribution in [0.5, 0.6) is 0 Å². The second-order valence-corrected chi connectivity index (χ2v) is 22.9. The minimum atomic E-state index is -1.58. The molecule has 1 aliphatic heterocycles. The summed E-state index contributed by atoms with van der Waals surface area (Å²) in [6.07, 6.45) is 71.7. The maximum absolute atomic E-state index is 13.1. The van der Waals surface area contributed by atoms with E-state index in [4.69, 9.17) is 9.47 Å². The molecular formula is C68H125NO8. The monoisotopic (exact) mass is 1080 g/mol. The highest BCUT2D eigenvalue weighted by Gasteiger charge is 2.44. The van der Waals surface area contributed by atoms with Gasteiger partial charge in [0.05, 0.1) is 25.4 Å². The van der Waals surface area contributed by atoms with Crippen LogP contribution in [0.3, 0.4) is 0 Å². The van der Waals surface area contributed by atoms with E-state index < -0.39 is 49.5 Å². The first-order chi connectivity index (χ1) is 37.8. The highest BCUT2D eigenvalue weighted by molar-refractivity contribution is 5.76. The number of aliphatic hydroxyl groups is 5. The van der Waals surface area contributed by atoms with Crippen molar-refractivity contribution in [3.05, 3.63) is 60.8 Å². The van der Waals surface area contributed by atoms with E-state index in [0.29, 0.717) is 6.42 Å². The third kappa shape index (κ3) is 46.2. The summed E-state index contributed by atoms with van der Waals surface area (Å²) in [5, 5.41) is 54.6. The fourth-order valence-corrected chi connectivity index (χ4v) is 10.4. The second kappa shape index (κ2) is 57.1. The van der Waals surface area contributed by atoms with E-state index in [0.717, 1.165) is 64.2 Å². The Morgan fingerprint density at radius 1 is 0.442 bits per heavy atom. The zero-order valence-corrected chi connectivity index (χ0v) is 50.2. The number of allylic oxidation sites excluding steroid dienone is 9. The summed E-state index contributed by atoms with van der Waals surface area (Å²) in [6.45, 7) is 3.78. The van der Waals surface area contributed by atoms with Gasteiger partial charge in [-0.3, -0.25) is 4.79 Å². The van der Waals surface area contributed by atoms with Crippen LogP contribution < -0.4 is 5.32 Å². The number of aliphatic hydroxyl groups excluding tert-OH is 5. The van der Waals surface area contributed by atoms with Crippen molar-refractivity contribution < 1.29 is 39.8 Å². The van der Waals surface area contributed by atoms with Gasteiger partial charge in [-0.1, -0.05) is 293 Å². The lowest BCUT2D eigenvalue weighted by Gasteiger charge is -2.40. The second-order valence-electron chi connectivity index (χ2n) is 22.9. The average molecular weight is 1080 g/mol. The number of amides is 1. The Kier molecular flexibility index (Phi) is 54.1. The zero-order valence-electron chi connectivity index (χ0n) is 50.2. The van der Waals surface area contributed by atoms with Crippen molar-refractivity contribution in [2.75, 3.05) is 13.2 Å². The lowest BCUT2D eigenvalue weighted by molar-refractivity contribution is -0.302. The van der Waals surface area contributed by atoms with E-state index in [1.165, 1.54) is 225 Å². The Bertz CT molecular complexity index is 1400. The normalized spacial score (nSPS) is 19.1. The summed E-state index contributed by atoms with van der Waals surface area (Å²) < 4.78 is 11.3. The third-order valence-electron chi connectivity index (χ3n) is 15.6. The number of unbranched alkanes of at least 4 members (excludes halogenated alkanes) is 39. The first-order valence-electron chi connectivity index (χ1n) is 33.0. The molecule has 7 unspecified atom stereocenters. The zero-order chi connectivity index (χ0) is 55.8. The van der Waals surface area contributed by atoms with E-state index in [9.17, 15) is 30.3 Å². The number of nitrogens with one attached hydrogen (secondary N) is 1. The number of ether oxygens (including phenoxy) is 2. The SMILES string of the molecule is CCCCCCC/C=C\C/C=C\C/C=C\CCCCCCCCCCC(=O)NC(COC1OC(CO)C(O)C(O)C1O)C(O)/C=C/CC/C=C/CCCCCCCCCCCCCCCCCCCCCCCCCCC. The van der Waals surface area contributed by atoms with E-state index in [-0.39, 0.29) is 12.5 Å². The molecule has 0 bridgehead atoms. The minimum absolute atomic E-state index is 0.192. The summed E-state index contributed by atoms with van der Waals surface area (Å²) >= 11 is 0. The van der Waals surface area contributed by atoms with Gasteiger partial charge in [-0.05, 0) is 70.6 Å². The van der Waals surface area contributed by atoms with Crippen LogP contribution >= 0.6 is 0 Å². The van der Waals surface area contributed by atoms with Crippen LogP contribution in [0.2, 0.25) is 0 Å². The maximum atomic E-state index is 13.1. The van der Waals surface area contributed by atoms with Crippen molar-refractivity contribution in [2.45, 2.75) is 352 Å².